The zero-order valence-electron chi connectivity index (χ0n) is 19.1. The first kappa shape index (κ1) is 21.6. The van der Waals surface area contributed by atoms with E-state index in [2.05, 4.69) is 23.8 Å². The summed E-state index contributed by atoms with van der Waals surface area (Å²) in [6.45, 7) is 6.62. The van der Waals surface area contributed by atoms with Gasteiger partial charge in [-0.05, 0) is 51.2 Å². The highest BCUT2D eigenvalue weighted by Gasteiger charge is 2.36. The lowest BCUT2D eigenvalue weighted by Gasteiger charge is -2.31. The van der Waals surface area contributed by atoms with Gasteiger partial charge in [-0.25, -0.2) is 0 Å². The van der Waals surface area contributed by atoms with Crippen LogP contribution >= 0.6 is 11.6 Å². The normalized spacial score (nSPS) is 20.8. The molecule has 0 spiro atoms. The second-order valence-electron chi connectivity index (χ2n) is 9.27. The Morgan fingerprint density at radius 2 is 1.84 bits per heavy atom. The van der Waals surface area contributed by atoms with Gasteiger partial charge in [0.05, 0.1) is 5.69 Å². The molecule has 3 heterocycles. The quantitative estimate of drug-likeness (QED) is 0.655. The van der Waals surface area contributed by atoms with Crippen LogP contribution in [0.1, 0.15) is 54.6 Å². The molecule has 1 unspecified atom stereocenters. The van der Waals surface area contributed by atoms with E-state index in [9.17, 15) is 4.79 Å². The molecule has 1 atom stereocenters. The Hall–Kier alpha value is -2.25. The Bertz CT molecular complexity index is 1030. The van der Waals surface area contributed by atoms with Gasteiger partial charge < -0.3 is 14.4 Å². The van der Waals surface area contributed by atoms with Crippen molar-refractivity contribution < 1.29 is 14.3 Å². The van der Waals surface area contributed by atoms with E-state index in [1.165, 1.54) is 24.1 Å². The van der Waals surface area contributed by atoms with Gasteiger partial charge in [0, 0.05) is 67.5 Å². The third-order valence-electron chi connectivity index (χ3n) is 7.16. The minimum absolute atomic E-state index is 0.200. The highest BCUT2D eigenvalue weighted by atomic mass is 35.5. The number of hydrogen-bond donors (Lipinski definition) is 0. The van der Waals surface area contributed by atoms with Gasteiger partial charge in [0.15, 0.2) is 11.5 Å². The summed E-state index contributed by atoms with van der Waals surface area (Å²) in [4.78, 5) is 17.6. The number of likely N-dealkylation sites (tertiary alicyclic amines) is 1. The van der Waals surface area contributed by atoms with Crippen molar-refractivity contribution in [3.63, 3.8) is 0 Å². The molecule has 2 aliphatic heterocycles. The summed E-state index contributed by atoms with van der Waals surface area (Å²) >= 11 is 6.48. The molecule has 172 valence electrons. The first-order valence-electron chi connectivity index (χ1n) is 11.5. The molecule has 32 heavy (non-hydrogen) atoms. The fraction of sp³-hybridized carbons (Fsp3) is 0.583. The van der Waals surface area contributed by atoms with Gasteiger partial charge >= 0.3 is 0 Å². The van der Waals surface area contributed by atoms with E-state index in [4.69, 9.17) is 21.1 Å². The average Bonchev–Trinajstić information content (AvgIpc) is 3.49. The summed E-state index contributed by atoms with van der Waals surface area (Å²) in [6.07, 6.45) is 4.95. The van der Waals surface area contributed by atoms with Gasteiger partial charge in [-0.2, -0.15) is 5.10 Å². The standard InChI is InChI=1S/C24H31ClN4O3/c1-15-20(16(2)27(3)26-15)13-29(18-4-5-18)19-6-7-24(30)28(9-8-19)12-17-10-22-23(11-21(17)25)32-14-31-22/h10-11,18-19H,4-9,12-14H2,1-3H3. The van der Waals surface area contributed by atoms with E-state index in [-0.39, 0.29) is 12.7 Å². The van der Waals surface area contributed by atoms with Crippen LogP contribution in [0.5, 0.6) is 11.5 Å². The smallest absolute Gasteiger partial charge is 0.231 e. The van der Waals surface area contributed by atoms with Gasteiger partial charge in [0.25, 0.3) is 0 Å². The van der Waals surface area contributed by atoms with Crippen molar-refractivity contribution in [1.82, 2.24) is 19.6 Å². The topological polar surface area (TPSA) is 59.8 Å². The van der Waals surface area contributed by atoms with Crippen molar-refractivity contribution in [3.05, 3.63) is 39.7 Å². The molecule has 1 saturated heterocycles. The highest BCUT2D eigenvalue weighted by molar-refractivity contribution is 6.31. The van der Waals surface area contributed by atoms with Crippen molar-refractivity contribution in [2.75, 3.05) is 13.3 Å². The largest absolute Gasteiger partial charge is 0.454 e. The second-order valence-corrected chi connectivity index (χ2v) is 9.68. The molecule has 5 rings (SSSR count). The van der Waals surface area contributed by atoms with E-state index in [0.717, 1.165) is 37.2 Å². The molecule has 0 bridgehead atoms. The summed E-state index contributed by atoms with van der Waals surface area (Å²) in [6, 6.07) is 4.73. The van der Waals surface area contributed by atoms with E-state index in [0.29, 0.717) is 41.6 Å². The molecule has 3 aliphatic rings. The number of carbonyl (C=O) groups excluding carboxylic acids is 1. The number of halogens is 1. The number of aryl methyl sites for hydroxylation is 2. The zero-order valence-corrected chi connectivity index (χ0v) is 19.8. The van der Waals surface area contributed by atoms with Gasteiger partial charge in [0.1, 0.15) is 0 Å². The minimum atomic E-state index is 0.200. The molecule has 1 aromatic heterocycles. The fourth-order valence-corrected chi connectivity index (χ4v) is 5.21. The van der Waals surface area contributed by atoms with Crippen LogP contribution in [-0.4, -0.2) is 50.9 Å². The van der Waals surface area contributed by atoms with E-state index < -0.39 is 0 Å². The summed E-state index contributed by atoms with van der Waals surface area (Å²) in [5.41, 5.74) is 4.58. The second kappa shape index (κ2) is 8.60. The predicted octanol–water partition coefficient (Wildman–Crippen LogP) is 3.96. The maximum atomic E-state index is 13.0. The maximum absolute atomic E-state index is 13.0. The molecule has 2 fully saturated rings. The summed E-state index contributed by atoms with van der Waals surface area (Å²) < 4.78 is 12.9. The Balaban J connectivity index is 1.29. The van der Waals surface area contributed by atoms with Gasteiger partial charge in [0.2, 0.25) is 12.7 Å². The number of fused-ring (bicyclic) bond motifs is 1. The van der Waals surface area contributed by atoms with Crippen molar-refractivity contribution >= 4 is 17.5 Å². The number of rotatable bonds is 6. The molecule has 0 radical (unpaired) electrons. The average molecular weight is 459 g/mol. The minimum Gasteiger partial charge on any atom is -0.454 e. The number of nitrogens with zero attached hydrogens (tertiary/aromatic N) is 4. The van der Waals surface area contributed by atoms with Gasteiger partial charge in [-0.3, -0.25) is 14.4 Å². The molecule has 1 saturated carbocycles. The third kappa shape index (κ3) is 4.20. The Morgan fingerprint density at radius 3 is 2.53 bits per heavy atom. The Labute approximate surface area is 194 Å². The van der Waals surface area contributed by atoms with Crippen molar-refractivity contribution in [1.29, 1.82) is 0 Å². The Kier molecular flexibility index (Phi) is 5.80. The van der Waals surface area contributed by atoms with Crippen LogP contribution in [0.4, 0.5) is 0 Å². The molecular weight excluding hydrogens is 428 g/mol. The van der Waals surface area contributed by atoms with E-state index in [1.54, 1.807) is 6.07 Å². The van der Waals surface area contributed by atoms with Crippen LogP contribution in [0.2, 0.25) is 5.02 Å². The molecule has 1 aliphatic carbocycles. The van der Waals surface area contributed by atoms with Crippen LogP contribution in [0.25, 0.3) is 0 Å². The summed E-state index contributed by atoms with van der Waals surface area (Å²) in [7, 11) is 2.01. The van der Waals surface area contributed by atoms with Crippen LogP contribution < -0.4 is 9.47 Å². The Morgan fingerprint density at radius 1 is 1.12 bits per heavy atom. The molecule has 2 aromatic rings. The van der Waals surface area contributed by atoms with E-state index in [1.807, 2.05) is 22.7 Å². The van der Waals surface area contributed by atoms with Crippen molar-refractivity contribution in [3.8, 4) is 11.5 Å². The zero-order chi connectivity index (χ0) is 22.4. The first-order chi connectivity index (χ1) is 15.4. The number of aromatic nitrogens is 2. The molecular formula is C24H31ClN4O3. The fourth-order valence-electron chi connectivity index (χ4n) is 5.00. The first-order valence-corrected chi connectivity index (χ1v) is 11.9. The lowest BCUT2D eigenvalue weighted by Crippen LogP contribution is -2.37. The van der Waals surface area contributed by atoms with Crippen LogP contribution in [0.15, 0.2) is 12.1 Å². The molecule has 7 nitrogen and oxygen atoms in total. The summed E-state index contributed by atoms with van der Waals surface area (Å²) in [5, 5.41) is 5.22. The van der Waals surface area contributed by atoms with Crippen LogP contribution in [0, 0.1) is 13.8 Å². The SMILES string of the molecule is Cc1nn(C)c(C)c1CN(C1CC1)C1CCC(=O)N(Cc2cc3c(cc2Cl)OCO3)CC1. The van der Waals surface area contributed by atoms with Gasteiger partial charge in [-0.15, -0.1) is 0 Å². The molecule has 0 N–H and O–H groups in total. The lowest BCUT2D eigenvalue weighted by atomic mass is 10.0. The van der Waals surface area contributed by atoms with E-state index >= 15 is 0 Å². The molecule has 1 aromatic carbocycles. The number of hydrogen-bond acceptors (Lipinski definition) is 5. The van der Waals surface area contributed by atoms with Crippen LogP contribution in [0.3, 0.4) is 0 Å². The number of carbonyl (C=O) groups is 1. The van der Waals surface area contributed by atoms with Crippen molar-refractivity contribution in [2.45, 2.75) is 71.1 Å². The molecule has 8 heteroatoms. The lowest BCUT2D eigenvalue weighted by molar-refractivity contribution is -0.131. The monoisotopic (exact) mass is 458 g/mol. The third-order valence-corrected chi connectivity index (χ3v) is 7.52. The van der Waals surface area contributed by atoms with Crippen LogP contribution in [-0.2, 0) is 24.9 Å². The number of benzene rings is 1. The highest BCUT2D eigenvalue weighted by Crippen LogP contribution is 2.38. The number of amides is 1. The number of ether oxygens (including phenoxy) is 2. The molecule has 1 amide bonds. The predicted molar refractivity (Wildman–Crippen MR) is 122 cm³/mol. The van der Waals surface area contributed by atoms with Crippen molar-refractivity contribution in [2.24, 2.45) is 7.05 Å². The summed E-state index contributed by atoms with van der Waals surface area (Å²) in [5.74, 6) is 1.57. The van der Waals surface area contributed by atoms with Gasteiger partial charge in [-0.1, -0.05) is 11.6 Å². The maximum Gasteiger partial charge on any atom is 0.231 e.